The van der Waals surface area contributed by atoms with Crippen molar-refractivity contribution in [3.8, 4) is 5.69 Å². The van der Waals surface area contributed by atoms with Crippen LogP contribution in [-0.2, 0) is 9.53 Å². The van der Waals surface area contributed by atoms with Crippen LogP contribution in [0.5, 0.6) is 0 Å². The van der Waals surface area contributed by atoms with Crippen molar-refractivity contribution < 1.29 is 14.3 Å². The van der Waals surface area contributed by atoms with E-state index in [9.17, 15) is 9.59 Å². The number of rotatable bonds is 4. The molecule has 3 rings (SSSR count). The zero-order chi connectivity index (χ0) is 16.2. The molecule has 1 atom stereocenters. The fourth-order valence-electron chi connectivity index (χ4n) is 2.67. The van der Waals surface area contributed by atoms with Gasteiger partial charge in [0, 0.05) is 13.1 Å². The van der Waals surface area contributed by atoms with Crippen LogP contribution in [0, 0.1) is 5.92 Å². The molecule has 0 N–H and O–H groups in total. The second-order valence-corrected chi connectivity index (χ2v) is 6.15. The summed E-state index contributed by atoms with van der Waals surface area (Å²) in [4.78, 5) is 27.0. The Morgan fingerprint density at radius 1 is 1.48 bits per heavy atom. The smallest absolute Gasteiger partial charge is 0.310 e. The molecule has 0 bridgehead atoms. The van der Waals surface area contributed by atoms with Crippen molar-refractivity contribution in [3.63, 3.8) is 0 Å². The van der Waals surface area contributed by atoms with E-state index in [0.29, 0.717) is 30.3 Å². The molecule has 3 heterocycles. The van der Waals surface area contributed by atoms with Gasteiger partial charge >= 0.3 is 5.97 Å². The number of hydrogen-bond donors (Lipinski definition) is 0. The zero-order valence-corrected chi connectivity index (χ0v) is 13.5. The number of carbonyl (C=O) groups is 2. The van der Waals surface area contributed by atoms with Crippen molar-refractivity contribution in [2.24, 2.45) is 5.92 Å². The van der Waals surface area contributed by atoms with Crippen LogP contribution in [0.25, 0.3) is 5.69 Å². The molecular formula is C14H17N5O3S. The SMILES string of the molecule is CCOC(=O)[C@H]1CCCN(C(=O)c2sccc2-n2cnnn2)C1. The van der Waals surface area contributed by atoms with Gasteiger partial charge in [0.2, 0.25) is 0 Å². The van der Waals surface area contributed by atoms with E-state index in [-0.39, 0.29) is 17.8 Å². The van der Waals surface area contributed by atoms with Crippen molar-refractivity contribution in [1.29, 1.82) is 0 Å². The number of nitrogens with zero attached hydrogens (tertiary/aromatic N) is 5. The molecule has 1 aliphatic rings. The van der Waals surface area contributed by atoms with E-state index in [1.165, 1.54) is 22.3 Å². The Kier molecular flexibility index (Phi) is 4.65. The predicted molar refractivity (Wildman–Crippen MR) is 82.3 cm³/mol. The summed E-state index contributed by atoms with van der Waals surface area (Å²) < 4.78 is 6.55. The molecule has 0 unspecified atom stereocenters. The molecule has 0 spiro atoms. The Morgan fingerprint density at radius 3 is 3.09 bits per heavy atom. The zero-order valence-electron chi connectivity index (χ0n) is 12.7. The van der Waals surface area contributed by atoms with Gasteiger partial charge in [-0.25, -0.2) is 0 Å². The van der Waals surface area contributed by atoms with Crippen molar-refractivity contribution in [2.45, 2.75) is 19.8 Å². The topological polar surface area (TPSA) is 90.2 Å². The molecule has 2 aromatic heterocycles. The maximum atomic E-state index is 12.8. The first-order valence-corrected chi connectivity index (χ1v) is 8.35. The lowest BCUT2D eigenvalue weighted by atomic mass is 9.98. The maximum Gasteiger partial charge on any atom is 0.310 e. The third kappa shape index (κ3) is 3.24. The van der Waals surface area contributed by atoms with Crippen LogP contribution in [0.15, 0.2) is 17.8 Å². The summed E-state index contributed by atoms with van der Waals surface area (Å²) in [6, 6.07) is 1.81. The van der Waals surface area contributed by atoms with Crippen LogP contribution in [0.1, 0.15) is 29.4 Å². The van der Waals surface area contributed by atoms with Crippen molar-refractivity contribution >= 4 is 23.2 Å². The molecule has 23 heavy (non-hydrogen) atoms. The minimum Gasteiger partial charge on any atom is -0.466 e. The lowest BCUT2D eigenvalue weighted by Gasteiger charge is -2.31. The third-order valence-electron chi connectivity index (χ3n) is 3.76. The number of aromatic nitrogens is 4. The molecule has 8 nitrogen and oxygen atoms in total. The summed E-state index contributed by atoms with van der Waals surface area (Å²) in [5.74, 6) is -0.569. The third-order valence-corrected chi connectivity index (χ3v) is 4.65. The number of hydrogen-bond acceptors (Lipinski definition) is 7. The molecule has 9 heteroatoms. The first-order chi connectivity index (χ1) is 11.2. The molecule has 0 aromatic carbocycles. The highest BCUT2D eigenvalue weighted by atomic mass is 32.1. The number of tetrazole rings is 1. The largest absolute Gasteiger partial charge is 0.466 e. The summed E-state index contributed by atoms with van der Waals surface area (Å²) in [5, 5.41) is 12.9. The second kappa shape index (κ2) is 6.86. The summed E-state index contributed by atoms with van der Waals surface area (Å²) in [7, 11) is 0. The Hall–Kier alpha value is -2.29. The van der Waals surface area contributed by atoms with Gasteiger partial charge in [0.1, 0.15) is 11.2 Å². The van der Waals surface area contributed by atoms with Crippen molar-refractivity contribution in [3.05, 3.63) is 22.7 Å². The highest BCUT2D eigenvalue weighted by molar-refractivity contribution is 7.12. The van der Waals surface area contributed by atoms with E-state index in [0.717, 1.165) is 12.8 Å². The Labute approximate surface area is 137 Å². The maximum absolute atomic E-state index is 12.8. The molecule has 1 aliphatic heterocycles. The van der Waals surface area contributed by atoms with E-state index in [2.05, 4.69) is 15.5 Å². The quantitative estimate of drug-likeness (QED) is 0.778. The molecule has 2 aromatic rings. The van der Waals surface area contributed by atoms with E-state index in [1.807, 2.05) is 5.38 Å². The van der Waals surface area contributed by atoms with Gasteiger partial charge < -0.3 is 9.64 Å². The Balaban J connectivity index is 1.76. The highest BCUT2D eigenvalue weighted by Gasteiger charge is 2.31. The average molecular weight is 335 g/mol. The fourth-order valence-corrected chi connectivity index (χ4v) is 3.52. The average Bonchev–Trinajstić information content (AvgIpc) is 3.25. The number of ether oxygens (including phenoxy) is 1. The number of carbonyl (C=O) groups excluding carboxylic acids is 2. The number of thiophene rings is 1. The molecule has 122 valence electrons. The summed E-state index contributed by atoms with van der Waals surface area (Å²) in [6.45, 7) is 3.18. The lowest BCUT2D eigenvalue weighted by Crippen LogP contribution is -2.42. The predicted octanol–water partition coefficient (Wildman–Crippen LogP) is 1.14. The van der Waals surface area contributed by atoms with Crippen LogP contribution in [-0.4, -0.2) is 56.7 Å². The van der Waals surface area contributed by atoms with Gasteiger partial charge in [-0.05, 0) is 41.6 Å². The normalized spacial score (nSPS) is 18.0. The van der Waals surface area contributed by atoms with Crippen LogP contribution >= 0.6 is 11.3 Å². The van der Waals surface area contributed by atoms with Crippen LogP contribution < -0.4 is 0 Å². The summed E-state index contributed by atoms with van der Waals surface area (Å²) in [5.41, 5.74) is 0.656. The fraction of sp³-hybridized carbons (Fsp3) is 0.500. The van der Waals surface area contributed by atoms with E-state index >= 15 is 0 Å². The first-order valence-electron chi connectivity index (χ1n) is 7.47. The van der Waals surface area contributed by atoms with Crippen molar-refractivity contribution in [2.75, 3.05) is 19.7 Å². The standard InChI is InChI=1S/C14H17N5O3S/c1-2-22-14(21)10-4-3-6-18(8-10)13(20)12-11(5-7-23-12)19-9-15-16-17-19/h5,7,9-10H,2-4,6,8H2,1H3/t10-/m0/s1. The van der Waals surface area contributed by atoms with Crippen LogP contribution in [0.2, 0.25) is 0 Å². The number of esters is 1. The van der Waals surface area contributed by atoms with Gasteiger partial charge in [0.25, 0.3) is 5.91 Å². The van der Waals surface area contributed by atoms with E-state index < -0.39 is 0 Å². The molecule has 0 saturated carbocycles. The number of piperidine rings is 1. The molecule has 1 amide bonds. The van der Waals surface area contributed by atoms with Crippen LogP contribution in [0.4, 0.5) is 0 Å². The van der Waals surface area contributed by atoms with Gasteiger partial charge in [-0.3, -0.25) is 9.59 Å². The Bertz CT molecular complexity index is 684. The summed E-state index contributed by atoms with van der Waals surface area (Å²) in [6.07, 6.45) is 3.00. The lowest BCUT2D eigenvalue weighted by molar-refractivity contribution is -0.149. The number of likely N-dealkylation sites (tertiary alicyclic amines) is 1. The minimum absolute atomic E-state index is 0.0977. The first kappa shape index (κ1) is 15.6. The molecule has 0 radical (unpaired) electrons. The monoisotopic (exact) mass is 335 g/mol. The van der Waals surface area contributed by atoms with Gasteiger partial charge in [-0.1, -0.05) is 0 Å². The number of amides is 1. The molecular weight excluding hydrogens is 318 g/mol. The highest BCUT2D eigenvalue weighted by Crippen LogP contribution is 2.25. The van der Waals surface area contributed by atoms with Gasteiger partial charge in [0.05, 0.1) is 18.2 Å². The van der Waals surface area contributed by atoms with E-state index in [4.69, 9.17) is 4.74 Å². The molecule has 1 saturated heterocycles. The minimum atomic E-state index is -0.246. The molecule has 1 fully saturated rings. The summed E-state index contributed by atoms with van der Waals surface area (Å²) >= 11 is 1.35. The van der Waals surface area contributed by atoms with Gasteiger partial charge in [-0.15, -0.1) is 16.4 Å². The second-order valence-electron chi connectivity index (χ2n) is 5.23. The van der Waals surface area contributed by atoms with Gasteiger partial charge in [-0.2, -0.15) is 4.68 Å². The van der Waals surface area contributed by atoms with Gasteiger partial charge in [0.15, 0.2) is 0 Å². The van der Waals surface area contributed by atoms with Crippen LogP contribution in [0.3, 0.4) is 0 Å². The Morgan fingerprint density at radius 2 is 2.35 bits per heavy atom. The molecule has 0 aliphatic carbocycles. The van der Waals surface area contributed by atoms with E-state index in [1.54, 1.807) is 17.9 Å². The van der Waals surface area contributed by atoms with Crippen molar-refractivity contribution in [1.82, 2.24) is 25.1 Å².